The van der Waals surface area contributed by atoms with Gasteiger partial charge in [-0.25, -0.2) is 9.18 Å². The Balaban J connectivity index is 1.58. The fraction of sp³-hybridized carbons (Fsp3) is 0.333. The van der Waals surface area contributed by atoms with Crippen LogP contribution in [0.3, 0.4) is 0 Å². The van der Waals surface area contributed by atoms with Crippen LogP contribution >= 0.6 is 15.9 Å². The normalized spacial score (nSPS) is 14.7. The summed E-state index contributed by atoms with van der Waals surface area (Å²) in [6.07, 6.45) is 1.09. The predicted molar refractivity (Wildman–Crippen MR) is 101 cm³/mol. The fourth-order valence-corrected chi connectivity index (χ4v) is 2.98. The van der Waals surface area contributed by atoms with Gasteiger partial charge in [0.25, 0.3) is 5.91 Å². The van der Waals surface area contributed by atoms with Crippen LogP contribution in [0.25, 0.3) is 0 Å². The number of halogens is 2. The molecule has 1 N–H and O–H groups in total. The van der Waals surface area contributed by atoms with Gasteiger partial charge in [0.15, 0.2) is 17.6 Å². The highest BCUT2D eigenvalue weighted by molar-refractivity contribution is 9.10. The molecule has 1 fully saturated rings. The molecule has 1 aliphatic heterocycles. The zero-order valence-corrected chi connectivity index (χ0v) is 16.2. The van der Waals surface area contributed by atoms with Crippen LogP contribution in [0.5, 0.6) is 0 Å². The lowest BCUT2D eigenvalue weighted by Gasteiger charge is -2.16. The van der Waals surface area contributed by atoms with E-state index in [4.69, 9.17) is 4.74 Å². The number of hydrogen-bond donors (Lipinski definition) is 1. The Kier molecular flexibility index (Phi) is 6.00. The van der Waals surface area contributed by atoms with E-state index in [-0.39, 0.29) is 11.4 Å². The number of rotatable bonds is 5. The summed E-state index contributed by atoms with van der Waals surface area (Å²) in [5, 5.41) is 10.3. The van der Waals surface area contributed by atoms with Gasteiger partial charge in [0.2, 0.25) is 0 Å². The Labute approximate surface area is 164 Å². The molecule has 1 unspecified atom stereocenters. The van der Waals surface area contributed by atoms with E-state index >= 15 is 0 Å². The zero-order chi connectivity index (χ0) is 19.4. The van der Waals surface area contributed by atoms with Gasteiger partial charge in [0, 0.05) is 17.6 Å². The summed E-state index contributed by atoms with van der Waals surface area (Å²) in [6, 6.07) is 7.45. The number of amides is 1. The molecule has 3 rings (SSSR count). The van der Waals surface area contributed by atoms with Crippen LogP contribution < -0.4 is 10.2 Å². The standard InChI is InChI=1S/C18H18BrFN4O3/c1-11(17(25)21-14-5-4-12(19)10-13(14)20)27-18(26)15-6-7-16(23-22-15)24-8-2-3-9-24/h4-7,10-11H,2-3,8-9H2,1H3,(H,21,25). The third-order valence-electron chi connectivity index (χ3n) is 4.13. The number of carbonyl (C=O) groups excluding carboxylic acids is 2. The van der Waals surface area contributed by atoms with E-state index in [2.05, 4.69) is 36.3 Å². The summed E-state index contributed by atoms with van der Waals surface area (Å²) >= 11 is 3.14. The van der Waals surface area contributed by atoms with Gasteiger partial charge in [0.1, 0.15) is 5.82 Å². The Morgan fingerprint density at radius 2 is 1.96 bits per heavy atom. The van der Waals surface area contributed by atoms with Gasteiger partial charge in [-0.05, 0) is 50.1 Å². The van der Waals surface area contributed by atoms with Crippen molar-refractivity contribution in [1.82, 2.24) is 10.2 Å². The van der Waals surface area contributed by atoms with Crippen molar-refractivity contribution in [2.75, 3.05) is 23.3 Å². The van der Waals surface area contributed by atoms with Crippen molar-refractivity contribution >= 4 is 39.3 Å². The topological polar surface area (TPSA) is 84.4 Å². The number of hydrogen-bond acceptors (Lipinski definition) is 6. The van der Waals surface area contributed by atoms with E-state index in [0.29, 0.717) is 10.3 Å². The van der Waals surface area contributed by atoms with Crippen molar-refractivity contribution in [3.63, 3.8) is 0 Å². The minimum Gasteiger partial charge on any atom is -0.448 e. The summed E-state index contributed by atoms with van der Waals surface area (Å²) < 4.78 is 19.4. The second-order valence-electron chi connectivity index (χ2n) is 6.13. The van der Waals surface area contributed by atoms with Gasteiger partial charge in [-0.2, -0.15) is 0 Å². The van der Waals surface area contributed by atoms with E-state index < -0.39 is 23.8 Å². The largest absolute Gasteiger partial charge is 0.448 e. The summed E-state index contributed by atoms with van der Waals surface area (Å²) in [4.78, 5) is 26.4. The van der Waals surface area contributed by atoms with Gasteiger partial charge >= 0.3 is 5.97 Å². The SMILES string of the molecule is CC(OC(=O)c1ccc(N2CCCC2)nn1)C(=O)Nc1ccc(Br)cc1F. The Morgan fingerprint density at radius 1 is 1.22 bits per heavy atom. The van der Waals surface area contributed by atoms with Gasteiger partial charge < -0.3 is 15.0 Å². The lowest BCUT2D eigenvalue weighted by Crippen LogP contribution is -2.30. The maximum atomic E-state index is 13.8. The van der Waals surface area contributed by atoms with Gasteiger partial charge in [-0.3, -0.25) is 4.79 Å². The molecule has 1 atom stereocenters. The first-order valence-electron chi connectivity index (χ1n) is 8.49. The van der Waals surface area contributed by atoms with Gasteiger partial charge in [0.05, 0.1) is 5.69 Å². The molecule has 2 aromatic rings. The number of anilines is 2. The van der Waals surface area contributed by atoms with Crippen molar-refractivity contribution in [3.8, 4) is 0 Å². The average Bonchev–Trinajstić information content (AvgIpc) is 3.18. The van der Waals surface area contributed by atoms with Crippen LogP contribution in [0.2, 0.25) is 0 Å². The number of ether oxygens (including phenoxy) is 1. The molecule has 1 aliphatic rings. The highest BCUT2D eigenvalue weighted by Crippen LogP contribution is 2.20. The smallest absolute Gasteiger partial charge is 0.359 e. The minimum absolute atomic E-state index is 0.000793. The van der Waals surface area contributed by atoms with Crippen molar-refractivity contribution < 1.29 is 18.7 Å². The molecule has 1 aromatic heterocycles. The fourth-order valence-electron chi connectivity index (χ4n) is 2.65. The molecule has 1 amide bonds. The van der Waals surface area contributed by atoms with E-state index in [1.54, 1.807) is 12.1 Å². The Morgan fingerprint density at radius 3 is 2.59 bits per heavy atom. The quantitative estimate of drug-likeness (QED) is 0.724. The second kappa shape index (κ2) is 8.43. The Bertz CT molecular complexity index is 841. The molecule has 9 heteroatoms. The molecule has 0 bridgehead atoms. The van der Waals surface area contributed by atoms with Crippen LogP contribution in [0.15, 0.2) is 34.8 Å². The monoisotopic (exact) mass is 436 g/mol. The molecule has 27 heavy (non-hydrogen) atoms. The van der Waals surface area contributed by atoms with Crippen molar-refractivity contribution in [1.29, 1.82) is 0 Å². The third kappa shape index (κ3) is 4.79. The highest BCUT2D eigenvalue weighted by atomic mass is 79.9. The van der Waals surface area contributed by atoms with Crippen LogP contribution in [0.1, 0.15) is 30.3 Å². The molecule has 0 radical (unpaired) electrons. The van der Waals surface area contributed by atoms with Crippen molar-refractivity contribution in [3.05, 3.63) is 46.3 Å². The summed E-state index contributed by atoms with van der Waals surface area (Å²) in [6.45, 7) is 3.24. The van der Waals surface area contributed by atoms with Crippen molar-refractivity contribution in [2.45, 2.75) is 25.9 Å². The van der Waals surface area contributed by atoms with Crippen molar-refractivity contribution in [2.24, 2.45) is 0 Å². The van der Waals surface area contributed by atoms with E-state index in [0.717, 1.165) is 25.9 Å². The number of benzene rings is 1. The first-order valence-corrected chi connectivity index (χ1v) is 9.29. The lowest BCUT2D eigenvalue weighted by atomic mass is 10.3. The first kappa shape index (κ1) is 19.2. The summed E-state index contributed by atoms with van der Waals surface area (Å²) in [7, 11) is 0. The second-order valence-corrected chi connectivity index (χ2v) is 7.05. The molecule has 1 aromatic carbocycles. The van der Waals surface area contributed by atoms with Gasteiger partial charge in [-0.1, -0.05) is 15.9 Å². The molecule has 7 nitrogen and oxygen atoms in total. The maximum absolute atomic E-state index is 13.8. The molecule has 0 spiro atoms. The Hall–Kier alpha value is -2.55. The summed E-state index contributed by atoms with van der Waals surface area (Å²) in [5.74, 6) is -1.30. The molecule has 0 aliphatic carbocycles. The first-order chi connectivity index (χ1) is 12.9. The number of nitrogens with one attached hydrogen (secondary N) is 1. The molecule has 1 saturated heterocycles. The molecular weight excluding hydrogens is 419 g/mol. The van der Waals surface area contributed by atoms with E-state index in [1.807, 2.05) is 0 Å². The summed E-state index contributed by atoms with van der Waals surface area (Å²) in [5.41, 5.74) is 0.00766. The minimum atomic E-state index is -1.12. The highest BCUT2D eigenvalue weighted by Gasteiger charge is 2.22. The van der Waals surface area contributed by atoms with Crippen LogP contribution in [0, 0.1) is 5.82 Å². The molecule has 142 valence electrons. The van der Waals surface area contributed by atoms with Crippen LogP contribution in [-0.4, -0.2) is 41.3 Å². The zero-order valence-electron chi connectivity index (χ0n) is 14.6. The molecular formula is C18H18BrFN4O3. The van der Waals surface area contributed by atoms with E-state index in [9.17, 15) is 14.0 Å². The predicted octanol–water partition coefficient (Wildman–Crippen LogP) is 3.16. The number of esters is 1. The maximum Gasteiger partial charge on any atom is 0.359 e. The van der Waals surface area contributed by atoms with Gasteiger partial charge in [-0.15, -0.1) is 10.2 Å². The van der Waals surface area contributed by atoms with Crippen LogP contribution in [-0.2, 0) is 9.53 Å². The third-order valence-corrected chi connectivity index (χ3v) is 4.62. The van der Waals surface area contributed by atoms with E-state index in [1.165, 1.54) is 25.1 Å². The molecule has 2 heterocycles. The lowest BCUT2D eigenvalue weighted by molar-refractivity contribution is -0.123. The number of nitrogens with zero attached hydrogens (tertiary/aromatic N) is 3. The molecule has 0 saturated carbocycles. The number of aromatic nitrogens is 2. The number of carbonyl (C=O) groups is 2. The van der Waals surface area contributed by atoms with Crippen LogP contribution in [0.4, 0.5) is 15.9 Å². The average molecular weight is 437 g/mol.